The van der Waals surface area contributed by atoms with Gasteiger partial charge in [0.1, 0.15) is 5.60 Å². The highest BCUT2D eigenvalue weighted by molar-refractivity contribution is 5.17. The van der Waals surface area contributed by atoms with Gasteiger partial charge in [-0.05, 0) is 38.2 Å². The van der Waals surface area contributed by atoms with Gasteiger partial charge < -0.3 is 15.0 Å². The van der Waals surface area contributed by atoms with E-state index >= 15 is 0 Å². The lowest BCUT2D eigenvalue weighted by atomic mass is 9.95. The molecule has 2 atom stereocenters. The summed E-state index contributed by atoms with van der Waals surface area (Å²) in [6.07, 6.45) is 3.81. The van der Waals surface area contributed by atoms with Crippen molar-refractivity contribution in [2.45, 2.75) is 44.2 Å². The maximum absolute atomic E-state index is 6.18. The molecule has 112 valence electrons. The van der Waals surface area contributed by atoms with E-state index in [0.717, 1.165) is 31.4 Å². The van der Waals surface area contributed by atoms with Crippen LogP contribution >= 0.6 is 0 Å². The topological polar surface area (TPSA) is 74.2 Å². The number of nitrogens with two attached hydrogens (primary N) is 1. The molecule has 21 heavy (non-hydrogen) atoms. The Morgan fingerprint density at radius 3 is 2.81 bits per heavy atom. The molecule has 1 aliphatic heterocycles. The molecule has 0 bridgehead atoms. The van der Waals surface area contributed by atoms with Gasteiger partial charge in [-0.2, -0.15) is 4.98 Å². The van der Waals surface area contributed by atoms with Gasteiger partial charge in [0.25, 0.3) is 0 Å². The third kappa shape index (κ3) is 3.14. The van der Waals surface area contributed by atoms with Crippen molar-refractivity contribution in [2.24, 2.45) is 5.73 Å². The van der Waals surface area contributed by atoms with Crippen LogP contribution in [0.4, 0.5) is 0 Å². The monoisotopic (exact) mass is 287 g/mol. The number of rotatable bonds is 4. The second kappa shape index (κ2) is 5.95. The number of hydrogen-bond donors (Lipinski definition) is 1. The molecule has 2 aromatic rings. The van der Waals surface area contributed by atoms with E-state index in [-0.39, 0.29) is 6.04 Å². The standard InChI is InChI=1S/C16H21N3O2/c1-16(9-5-6-10-20-16)15-18-14(21-19-15)13(17)11-12-7-3-2-4-8-12/h2-4,7-8,13H,5-6,9-11,17H2,1H3/t13-,16?/m0/s1. The third-order valence-electron chi connectivity index (χ3n) is 4.00. The second-order valence-corrected chi connectivity index (χ2v) is 5.79. The molecule has 0 amide bonds. The van der Waals surface area contributed by atoms with Crippen LogP contribution in [0.3, 0.4) is 0 Å². The van der Waals surface area contributed by atoms with Gasteiger partial charge in [0.15, 0.2) is 0 Å². The normalized spacial score (nSPS) is 23.9. The second-order valence-electron chi connectivity index (χ2n) is 5.79. The van der Waals surface area contributed by atoms with Gasteiger partial charge in [-0.15, -0.1) is 0 Å². The molecule has 1 fully saturated rings. The highest BCUT2D eigenvalue weighted by Gasteiger charge is 2.35. The summed E-state index contributed by atoms with van der Waals surface area (Å²) >= 11 is 0. The minimum absolute atomic E-state index is 0.291. The first-order valence-corrected chi connectivity index (χ1v) is 7.45. The Morgan fingerprint density at radius 2 is 2.10 bits per heavy atom. The number of nitrogens with zero attached hydrogens (tertiary/aromatic N) is 2. The minimum atomic E-state index is -0.438. The first kappa shape index (κ1) is 14.2. The maximum atomic E-state index is 6.18. The Labute approximate surface area is 124 Å². The van der Waals surface area contributed by atoms with Crippen molar-refractivity contribution >= 4 is 0 Å². The summed E-state index contributed by atoms with van der Waals surface area (Å²) in [5, 5.41) is 4.08. The van der Waals surface area contributed by atoms with E-state index in [4.69, 9.17) is 15.0 Å². The molecule has 0 spiro atoms. The fourth-order valence-corrected chi connectivity index (χ4v) is 2.67. The van der Waals surface area contributed by atoms with Gasteiger partial charge in [-0.3, -0.25) is 0 Å². The van der Waals surface area contributed by atoms with Crippen molar-refractivity contribution in [2.75, 3.05) is 6.61 Å². The number of benzene rings is 1. The average Bonchev–Trinajstić information content (AvgIpc) is 3.00. The summed E-state index contributed by atoms with van der Waals surface area (Å²) in [7, 11) is 0. The van der Waals surface area contributed by atoms with Crippen molar-refractivity contribution in [1.82, 2.24) is 10.1 Å². The number of aromatic nitrogens is 2. The van der Waals surface area contributed by atoms with Gasteiger partial charge >= 0.3 is 0 Å². The lowest BCUT2D eigenvalue weighted by Gasteiger charge is -2.30. The van der Waals surface area contributed by atoms with E-state index in [1.807, 2.05) is 37.3 Å². The van der Waals surface area contributed by atoms with Crippen LogP contribution in [0.15, 0.2) is 34.9 Å². The largest absolute Gasteiger partial charge is 0.367 e. The van der Waals surface area contributed by atoms with Gasteiger partial charge in [-0.25, -0.2) is 0 Å². The molecular weight excluding hydrogens is 266 g/mol. The molecule has 0 radical (unpaired) electrons. The minimum Gasteiger partial charge on any atom is -0.367 e. The van der Waals surface area contributed by atoms with Crippen LogP contribution in [0.5, 0.6) is 0 Å². The van der Waals surface area contributed by atoms with Crippen molar-refractivity contribution < 1.29 is 9.26 Å². The fraction of sp³-hybridized carbons (Fsp3) is 0.500. The van der Waals surface area contributed by atoms with E-state index in [2.05, 4.69) is 10.1 Å². The molecule has 1 aliphatic rings. The summed E-state index contributed by atoms with van der Waals surface area (Å²) in [6, 6.07) is 9.78. The van der Waals surface area contributed by atoms with Crippen molar-refractivity contribution in [3.05, 3.63) is 47.6 Å². The molecule has 0 saturated carbocycles. The zero-order valence-electron chi connectivity index (χ0n) is 12.3. The van der Waals surface area contributed by atoms with E-state index < -0.39 is 5.60 Å². The highest BCUT2D eigenvalue weighted by Crippen LogP contribution is 2.33. The van der Waals surface area contributed by atoms with Crippen LogP contribution in [-0.4, -0.2) is 16.7 Å². The molecular formula is C16H21N3O2. The molecule has 3 rings (SSSR count). The predicted octanol–water partition coefficient (Wildman–Crippen LogP) is 2.73. The molecule has 2 N–H and O–H groups in total. The Hall–Kier alpha value is -1.72. The lowest BCUT2D eigenvalue weighted by Crippen LogP contribution is -2.31. The van der Waals surface area contributed by atoms with E-state index in [0.29, 0.717) is 18.1 Å². The summed E-state index contributed by atoms with van der Waals surface area (Å²) in [5.74, 6) is 1.09. The summed E-state index contributed by atoms with van der Waals surface area (Å²) in [6.45, 7) is 2.76. The lowest BCUT2D eigenvalue weighted by molar-refractivity contribution is -0.0770. The SMILES string of the molecule is CC1(c2noc([C@@H](N)Cc3ccccc3)n2)CCCCO1. The predicted molar refractivity (Wildman–Crippen MR) is 78.5 cm³/mol. The Kier molecular flexibility index (Phi) is 4.03. The summed E-state index contributed by atoms with van der Waals surface area (Å²) < 4.78 is 11.2. The summed E-state index contributed by atoms with van der Waals surface area (Å²) in [4.78, 5) is 4.47. The molecule has 1 saturated heterocycles. The molecule has 0 aliphatic carbocycles. The Morgan fingerprint density at radius 1 is 1.29 bits per heavy atom. The van der Waals surface area contributed by atoms with E-state index in [1.54, 1.807) is 0 Å². The first-order valence-electron chi connectivity index (χ1n) is 7.45. The number of hydrogen-bond acceptors (Lipinski definition) is 5. The van der Waals surface area contributed by atoms with Gasteiger partial charge in [0.2, 0.25) is 11.7 Å². The van der Waals surface area contributed by atoms with Gasteiger partial charge in [0.05, 0.1) is 6.04 Å². The van der Waals surface area contributed by atoms with Gasteiger partial charge in [-0.1, -0.05) is 35.5 Å². The van der Waals surface area contributed by atoms with E-state index in [9.17, 15) is 0 Å². The third-order valence-corrected chi connectivity index (χ3v) is 4.00. The zero-order valence-corrected chi connectivity index (χ0v) is 12.3. The maximum Gasteiger partial charge on any atom is 0.244 e. The van der Waals surface area contributed by atoms with Crippen molar-refractivity contribution in [3.8, 4) is 0 Å². The molecule has 1 unspecified atom stereocenters. The molecule has 1 aromatic heterocycles. The molecule has 2 heterocycles. The van der Waals surface area contributed by atoms with Crippen LogP contribution in [-0.2, 0) is 16.8 Å². The Balaban J connectivity index is 1.72. The van der Waals surface area contributed by atoms with Crippen LogP contribution < -0.4 is 5.73 Å². The van der Waals surface area contributed by atoms with E-state index in [1.165, 1.54) is 0 Å². The molecule has 5 heteroatoms. The zero-order chi connectivity index (χ0) is 14.7. The summed E-state index contributed by atoms with van der Waals surface area (Å²) in [5.41, 5.74) is 6.90. The van der Waals surface area contributed by atoms with Crippen molar-refractivity contribution in [3.63, 3.8) is 0 Å². The van der Waals surface area contributed by atoms with Crippen molar-refractivity contribution in [1.29, 1.82) is 0 Å². The van der Waals surface area contributed by atoms with Crippen LogP contribution in [0, 0.1) is 0 Å². The van der Waals surface area contributed by atoms with Crippen LogP contribution in [0.25, 0.3) is 0 Å². The molecule has 5 nitrogen and oxygen atoms in total. The Bertz CT molecular complexity index is 576. The van der Waals surface area contributed by atoms with Gasteiger partial charge in [0, 0.05) is 6.61 Å². The highest BCUT2D eigenvalue weighted by atomic mass is 16.5. The quantitative estimate of drug-likeness (QED) is 0.936. The molecule has 1 aromatic carbocycles. The smallest absolute Gasteiger partial charge is 0.244 e. The number of ether oxygens (including phenoxy) is 1. The van der Waals surface area contributed by atoms with Crippen LogP contribution in [0.1, 0.15) is 49.5 Å². The average molecular weight is 287 g/mol. The van der Waals surface area contributed by atoms with Crippen LogP contribution in [0.2, 0.25) is 0 Å². The fourth-order valence-electron chi connectivity index (χ4n) is 2.67. The first-order chi connectivity index (χ1) is 10.2.